The average Bonchev–Trinajstić information content (AvgIpc) is 3.29. The van der Waals surface area contributed by atoms with Gasteiger partial charge in [0.2, 0.25) is 12.5 Å². The molecule has 160 valence electrons. The molecule has 2 aliphatic heterocycles. The number of ether oxygens (including phenoxy) is 4. The van der Waals surface area contributed by atoms with E-state index >= 15 is 0 Å². The van der Waals surface area contributed by atoms with Gasteiger partial charge in [-0.25, -0.2) is 0 Å². The van der Waals surface area contributed by atoms with Crippen LogP contribution in [0.25, 0.3) is 22.0 Å². The Labute approximate surface area is 186 Å². The maximum absolute atomic E-state index is 5.79. The monoisotopic (exact) mass is 427 g/mol. The Bertz CT molecular complexity index is 1350. The van der Waals surface area contributed by atoms with Crippen LogP contribution in [0.2, 0.25) is 0 Å². The summed E-state index contributed by atoms with van der Waals surface area (Å²) in [6, 6.07) is 14.4. The number of pyridine rings is 2. The molecule has 2 aromatic heterocycles. The lowest BCUT2D eigenvalue weighted by Crippen LogP contribution is -2.41. The van der Waals surface area contributed by atoms with Crippen LogP contribution in [0.3, 0.4) is 0 Å². The number of benzene rings is 2. The van der Waals surface area contributed by atoms with Crippen molar-refractivity contribution < 1.29 is 23.5 Å². The minimum Gasteiger partial charge on any atom is -0.493 e. The van der Waals surface area contributed by atoms with Crippen LogP contribution < -0.4 is 23.5 Å². The normalized spacial score (nSPS) is 13.6. The third-order valence-electron chi connectivity index (χ3n) is 6.33. The molecule has 0 saturated carbocycles. The fourth-order valence-electron chi connectivity index (χ4n) is 4.87. The predicted octanol–water partition coefficient (Wildman–Crippen LogP) is 4.08. The van der Waals surface area contributed by atoms with E-state index in [4.69, 9.17) is 18.9 Å². The molecular weight excluding hydrogens is 404 g/mol. The van der Waals surface area contributed by atoms with Gasteiger partial charge in [-0.05, 0) is 42.0 Å². The largest absolute Gasteiger partial charge is 0.493 e. The summed E-state index contributed by atoms with van der Waals surface area (Å²) < 4.78 is 25.0. The number of hydrogen-bond acceptors (Lipinski definition) is 5. The Hall–Kier alpha value is -3.80. The zero-order valence-electron chi connectivity index (χ0n) is 18.1. The molecule has 0 amide bonds. The fraction of sp³-hybridized carbons (Fsp3) is 0.231. The second-order valence-electron chi connectivity index (χ2n) is 8.02. The molecule has 0 saturated heterocycles. The number of aromatic nitrogens is 2. The fourth-order valence-corrected chi connectivity index (χ4v) is 4.87. The van der Waals surface area contributed by atoms with E-state index in [2.05, 4.69) is 40.0 Å². The van der Waals surface area contributed by atoms with E-state index in [1.165, 1.54) is 22.4 Å². The van der Waals surface area contributed by atoms with E-state index in [-0.39, 0.29) is 6.79 Å². The highest BCUT2D eigenvalue weighted by Gasteiger charge is 2.32. The van der Waals surface area contributed by atoms with Gasteiger partial charge in [-0.1, -0.05) is 6.07 Å². The molecule has 4 heterocycles. The van der Waals surface area contributed by atoms with Gasteiger partial charge in [-0.15, -0.1) is 0 Å². The van der Waals surface area contributed by atoms with E-state index in [1.54, 1.807) is 14.2 Å². The molecule has 0 fully saturated rings. The van der Waals surface area contributed by atoms with Crippen molar-refractivity contribution in [2.75, 3.05) is 21.0 Å². The Kier molecular flexibility index (Phi) is 4.38. The van der Waals surface area contributed by atoms with Gasteiger partial charge in [0.15, 0.2) is 35.7 Å². The van der Waals surface area contributed by atoms with Crippen LogP contribution in [0.1, 0.15) is 16.8 Å². The van der Waals surface area contributed by atoms with Gasteiger partial charge >= 0.3 is 0 Å². The summed E-state index contributed by atoms with van der Waals surface area (Å²) in [6.45, 7) is 1.14. The number of methoxy groups -OCH3 is 2. The van der Waals surface area contributed by atoms with Crippen molar-refractivity contribution in [1.82, 2.24) is 4.98 Å². The van der Waals surface area contributed by atoms with Crippen LogP contribution in [0.4, 0.5) is 0 Å². The summed E-state index contributed by atoms with van der Waals surface area (Å²) in [5.74, 6) is 3.10. The second-order valence-corrected chi connectivity index (χ2v) is 8.02. The molecule has 2 aliphatic rings. The quantitative estimate of drug-likeness (QED) is 0.460. The van der Waals surface area contributed by atoms with E-state index in [1.807, 2.05) is 24.4 Å². The summed E-state index contributed by atoms with van der Waals surface area (Å²) in [5.41, 5.74) is 5.88. The number of fused-ring (bicyclic) bond motifs is 5. The van der Waals surface area contributed by atoms with Gasteiger partial charge in [-0.2, -0.15) is 4.57 Å². The van der Waals surface area contributed by atoms with E-state index in [9.17, 15) is 0 Å². The van der Waals surface area contributed by atoms with Crippen molar-refractivity contribution in [3.05, 3.63) is 71.7 Å². The number of rotatable bonds is 4. The van der Waals surface area contributed by atoms with Crippen LogP contribution in [0.15, 0.2) is 54.9 Å². The van der Waals surface area contributed by atoms with E-state index in [0.717, 1.165) is 52.4 Å². The first-order valence-corrected chi connectivity index (χ1v) is 10.7. The third kappa shape index (κ3) is 2.87. The number of hydrogen-bond donors (Lipinski definition) is 0. The van der Waals surface area contributed by atoms with Gasteiger partial charge in [0.05, 0.1) is 25.2 Å². The molecule has 32 heavy (non-hydrogen) atoms. The Morgan fingerprint density at radius 1 is 1.00 bits per heavy atom. The highest BCUT2D eigenvalue weighted by Crippen LogP contribution is 2.43. The minimum atomic E-state index is 0.272. The zero-order valence-corrected chi connectivity index (χ0v) is 18.1. The first kappa shape index (κ1) is 18.9. The van der Waals surface area contributed by atoms with Gasteiger partial charge in [-0.3, -0.25) is 4.98 Å². The first-order valence-electron chi connectivity index (χ1n) is 10.7. The first-order chi connectivity index (χ1) is 15.8. The van der Waals surface area contributed by atoms with Crippen molar-refractivity contribution in [2.24, 2.45) is 0 Å². The smallest absolute Gasteiger partial charge is 0.231 e. The Morgan fingerprint density at radius 3 is 2.66 bits per heavy atom. The summed E-state index contributed by atoms with van der Waals surface area (Å²) in [4.78, 5) is 4.61. The van der Waals surface area contributed by atoms with Crippen LogP contribution in [-0.2, 0) is 19.4 Å². The molecule has 6 heteroatoms. The van der Waals surface area contributed by atoms with Crippen LogP contribution in [-0.4, -0.2) is 26.0 Å². The molecule has 6 nitrogen and oxygen atoms in total. The summed E-state index contributed by atoms with van der Waals surface area (Å²) in [7, 11) is 3.36. The highest BCUT2D eigenvalue weighted by molar-refractivity contribution is 5.95. The molecule has 0 aliphatic carbocycles. The Balaban J connectivity index is 1.67. The summed E-state index contributed by atoms with van der Waals surface area (Å²) in [5, 5.41) is 2.16. The van der Waals surface area contributed by atoms with Crippen molar-refractivity contribution in [3.8, 4) is 34.3 Å². The highest BCUT2D eigenvalue weighted by atomic mass is 16.7. The van der Waals surface area contributed by atoms with Crippen molar-refractivity contribution in [3.63, 3.8) is 0 Å². The van der Waals surface area contributed by atoms with E-state index < -0.39 is 0 Å². The lowest BCUT2D eigenvalue weighted by molar-refractivity contribution is -0.686. The lowest BCUT2D eigenvalue weighted by Gasteiger charge is -2.21. The minimum absolute atomic E-state index is 0.272. The molecule has 0 radical (unpaired) electrons. The molecular formula is C26H23N2O4+. The van der Waals surface area contributed by atoms with Crippen molar-refractivity contribution >= 4 is 10.8 Å². The van der Waals surface area contributed by atoms with Crippen LogP contribution in [0, 0.1) is 0 Å². The maximum Gasteiger partial charge on any atom is 0.231 e. The molecule has 0 unspecified atom stereocenters. The van der Waals surface area contributed by atoms with Crippen LogP contribution in [0.5, 0.6) is 23.0 Å². The predicted molar refractivity (Wildman–Crippen MR) is 120 cm³/mol. The van der Waals surface area contributed by atoms with Gasteiger partial charge in [0.1, 0.15) is 0 Å². The number of nitrogens with zero attached hydrogens (tertiary/aromatic N) is 2. The third-order valence-corrected chi connectivity index (χ3v) is 6.33. The molecule has 0 spiro atoms. The van der Waals surface area contributed by atoms with Gasteiger partial charge in [0.25, 0.3) is 0 Å². The lowest BCUT2D eigenvalue weighted by atomic mass is 9.89. The molecule has 2 aromatic carbocycles. The zero-order chi connectivity index (χ0) is 21.7. The van der Waals surface area contributed by atoms with Gasteiger partial charge < -0.3 is 18.9 Å². The topological polar surface area (TPSA) is 53.7 Å². The summed E-state index contributed by atoms with van der Waals surface area (Å²) >= 11 is 0. The average molecular weight is 427 g/mol. The second kappa shape index (κ2) is 7.41. The van der Waals surface area contributed by atoms with Crippen LogP contribution >= 0.6 is 0 Å². The molecule has 6 rings (SSSR count). The molecule has 0 atom stereocenters. The molecule has 0 bridgehead atoms. The molecule has 4 aromatic rings. The molecule has 0 N–H and O–H groups in total. The van der Waals surface area contributed by atoms with E-state index in [0.29, 0.717) is 6.42 Å². The SMILES string of the molecule is COc1ccc2c(Cc3ccccn3)c3[n+](cc2c1OC)CCc1cc2c(cc1-3)OCO2. The van der Waals surface area contributed by atoms with Crippen molar-refractivity contribution in [2.45, 2.75) is 19.4 Å². The van der Waals surface area contributed by atoms with Gasteiger partial charge in [0, 0.05) is 35.7 Å². The van der Waals surface area contributed by atoms with Crippen molar-refractivity contribution in [1.29, 1.82) is 0 Å². The number of aryl methyl sites for hydroxylation is 2. The Morgan fingerprint density at radius 2 is 1.88 bits per heavy atom. The summed E-state index contributed by atoms with van der Waals surface area (Å²) in [6.07, 6.45) is 5.65. The maximum atomic E-state index is 5.79. The standard InChI is InChI=1S/C26H23N2O4/c1-29-22-7-6-18-20(12-17-5-3-4-9-27-17)25-19-13-24-23(31-15-32-24)11-16(19)8-10-28(25)14-21(18)26(22)30-2/h3-7,9,11,13-14H,8,10,12,15H2,1-2H3/q+1.